The van der Waals surface area contributed by atoms with Crippen molar-refractivity contribution in [2.45, 2.75) is 47.0 Å². The van der Waals surface area contributed by atoms with Crippen LogP contribution in [0.4, 0.5) is 0 Å². The highest BCUT2D eigenvalue weighted by atomic mass is 16.5. The van der Waals surface area contributed by atoms with Gasteiger partial charge >= 0.3 is 5.97 Å². The Morgan fingerprint density at radius 3 is 2.00 bits per heavy atom. The number of hydrogen-bond donors (Lipinski definition) is 1. The molecule has 0 radical (unpaired) electrons. The van der Waals surface area contributed by atoms with E-state index < -0.39 is 0 Å². The Kier molecular flexibility index (Phi) is 15.6. The van der Waals surface area contributed by atoms with Crippen LogP contribution in [0.5, 0.6) is 0 Å². The molecule has 0 saturated carbocycles. The van der Waals surface area contributed by atoms with Crippen LogP contribution in [-0.2, 0) is 9.53 Å². The second-order valence-corrected chi connectivity index (χ2v) is 3.45. The highest BCUT2D eigenvalue weighted by molar-refractivity contribution is 5.87. The standard InChI is InChI=1S/C9H16O2.C4H11N/c1-4-6-8(3)9(10)11-7-5-2;1-3-5-4-2/h3-7H2,1-2H3;5H,3-4H2,1-2H3. The van der Waals surface area contributed by atoms with Crippen LogP contribution in [0.15, 0.2) is 12.2 Å². The first kappa shape index (κ1) is 17.6. The number of carbonyl (C=O) groups is 1. The van der Waals surface area contributed by atoms with Crippen LogP contribution in [0.25, 0.3) is 0 Å². The summed E-state index contributed by atoms with van der Waals surface area (Å²) in [6.45, 7) is 14.5. The fourth-order valence-electron chi connectivity index (χ4n) is 0.951. The van der Waals surface area contributed by atoms with Crippen molar-refractivity contribution in [3.05, 3.63) is 12.2 Å². The topological polar surface area (TPSA) is 38.3 Å². The minimum absolute atomic E-state index is 0.242. The summed E-state index contributed by atoms with van der Waals surface area (Å²) in [5.74, 6) is -0.242. The molecule has 0 aliphatic rings. The maximum Gasteiger partial charge on any atom is 0.333 e. The van der Waals surface area contributed by atoms with E-state index in [0.29, 0.717) is 12.2 Å². The van der Waals surface area contributed by atoms with Crippen molar-refractivity contribution >= 4 is 5.97 Å². The molecule has 0 amide bonds. The van der Waals surface area contributed by atoms with Crippen LogP contribution < -0.4 is 5.32 Å². The molecule has 0 saturated heterocycles. The van der Waals surface area contributed by atoms with E-state index in [1.54, 1.807) is 0 Å². The van der Waals surface area contributed by atoms with E-state index in [9.17, 15) is 4.79 Å². The summed E-state index contributed by atoms with van der Waals surface area (Å²) in [6, 6.07) is 0. The maximum absolute atomic E-state index is 11.0. The van der Waals surface area contributed by atoms with Crippen molar-refractivity contribution in [3.8, 4) is 0 Å². The Bertz CT molecular complexity index is 177. The molecule has 0 heterocycles. The zero-order valence-electron chi connectivity index (χ0n) is 11.3. The molecule has 0 unspecified atom stereocenters. The molecule has 0 spiro atoms. The number of hydrogen-bond acceptors (Lipinski definition) is 3. The number of ether oxygens (including phenoxy) is 1. The van der Waals surface area contributed by atoms with Gasteiger partial charge in [-0.2, -0.15) is 0 Å². The van der Waals surface area contributed by atoms with E-state index in [4.69, 9.17) is 4.74 Å². The fraction of sp³-hybridized carbons (Fsp3) is 0.769. The average Bonchev–Trinajstić information content (AvgIpc) is 2.28. The molecule has 1 N–H and O–H groups in total. The number of carbonyl (C=O) groups excluding carboxylic acids is 1. The first-order valence-electron chi connectivity index (χ1n) is 6.19. The van der Waals surface area contributed by atoms with Gasteiger partial charge in [0.1, 0.15) is 0 Å². The lowest BCUT2D eigenvalue weighted by molar-refractivity contribution is -0.139. The summed E-state index contributed by atoms with van der Waals surface area (Å²) < 4.78 is 4.87. The van der Waals surface area contributed by atoms with E-state index in [0.717, 1.165) is 32.4 Å². The molecule has 3 nitrogen and oxygen atoms in total. The van der Waals surface area contributed by atoms with Gasteiger partial charge in [-0.05, 0) is 25.9 Å². The molecule has 0 aliphatic heterocycles. The number of rotatable bonds is 7. The summed E-state index contributed by atoms with van der Waals surface area (Å²) in [4.78, 5) is 11.0. The molecule has 0 aromatic carbocycles. The first-order chi connectivity index (χ1) is 7.63. The van der Waals surface area contributed by atoms with E-state index in [-0.39, 0.29) is 5.97 Å². The normalized spacial score (nSPS) is 9.00. The monoisotopic (exact) mass is 229 g/mol. The summed E-state index contributed by atoms with van der Waals surface area (Å²) in [5.41, 5.74) is 0.584. The SMILES string of the molecule is C=C(CCC)C(=O)OCCC.CCNCC. The number of nitrogens with one attached hydrogen (secondary N) is 1. The molecule has 0 aliphatic carbocycles. The predicted octanol–water partition coefficient (Wildman–Crippen LogP) is 2.91. The fourth-order valence-corrected chi connectivity index (χ4v) is 0.951. The van der Waals surface area contributed by atoms with Gasteiger partial charge in [-0.15, -0.1) is 0 Å². The average molecular weight is 229 g/mol. The molecule has 0 bridgehead atoms. The second kappa shape index (κ2) is 14.2. The van der Waals surface area contributed by atoms with Crippen LogP contribution in [0.3, 0.4) is 0 Å². The molecule has 0 aromatic heterocycles. The van der Waals surface area contributed by atoms with E-state index >= 15 is 0 Å². The largest absolute Gasteiger partial charge is 0.462 e. The van der Waals surface area contributed by atoms with Crippen molar-refractivity contribution in [2.24, 2.45) is 0 Å². The van der Waals surface area contributed by atoms with Gasteiger partial charge in [0.05, 0.1) is 6.61 Å². The highest BCUT2D eigenvalue weighted by Crippen LogP contribution is 2.03. The van der Waals surface area contributed by atoms with Crippen LogP contribution >= 0.6 is 0 Å². The molecule has 16 heavy (non-hydrogen) atoms. The Labute approximate surface area is 100 Å². The Morgan fingerprint density at radius 1 is 1.12 bits per heavy atom. The summed E-state index contributed by atoms with van der Waals surface area (Å²) >= 11 is 0. The minimum atomic E-state index is -0.242. The smallest absolute Gasteiger partial charge is 0.333 e. The molecular formula is C13H27NO2. The second-order valence-electron chi connectivity index (χ2n) is 3.45. The molecule has 96 valence electrons. The molecule has 0 atom stereocenters. The van der Waals surface area contributed by atoms with Gasteiger partial charge in [-0.1, -0.05) is 40.7 Å². The maximum atomic E-state index is 11.0. The summed E-state index contributed by atoms with van der Waals surface area (Å²) in [5, 5.41) is 3.11. The van der Waals surface area contributed by atoms with E-state index in [1.807, 2.05) is 13.8 Å². The lowest BCUT2D eigenvalue weighted by atomic mass is 10.2. The number of esters is 1. The quantitative estimate of drug-likeness (QED) is 0.539. The van der Waals surface area contributed by atoms with Gasteiger partial charge < -0.3 is 10.1 Å². The van der Waals surface area contributed by atoms with Crippen molar-refractivity contribution in [1.82, 2.24) is 5.32 Å². The van der Waals surface area contributed by atoms with Crippen LogP contribution in [0.2, 0.25) is 0 Å². The van der Waals surface area contributed by atoms with Crippen molar-refractivity contribution < 1.29 is 9.53 Å². The molecule has 0 aromatic rings. The zero-order chi connectivity index (χ0) is 12.8. The van der Waals surface area contributed by atoms with Crippen molar-refractivity contribution in [2.75, 3.05) is 19.7 Å². The van der Waals surface area contributed by atoms with Crippen LogP contribution in [-0.4, -0.2) is 25.7 Å². The lowest BCUT2D eigenvalue weighted by Crippen LogP contribution is -2.09. The molecule has 0 fully saturated rings. The third kappa shape index (κ3) is 13.2. The van der Waals surface area contributed by atoms with Gasteiger partial charge in [0.15, 0.2) is 0 Å². The van der Waals surface area contributed by atoms with Crippen molar-refractivity contribution in [1.29, 1.82) is 0 Å². The molecular weight excluding hydrogens is 202 g/mol. The third-order valence-electron chi connectivity index (χ3n) is 1.78. The molecule has 0 rings (SSSR count). The lowest BCUT2D eigenvalue weighted by Gasteiger charge is -2.03. The van der Waals surface area contributed by atoms with Gasteiger partial charge in [-0.3, -0.25) is 0 Å². The molecule has 3 heteroatoms. The van der Waals surface area contributed by atoms with Gasteiger partial charge in [-0.25, -0.2) is 4.79 Å². The highest BCUT2D eigenvalue weighted by Gasteiger charge is 2.05. The van der Waals surface area contributed by atoms with Crippen LogP contribution in [0, 0.1) is 0 Å². The Morgan fingerprint density at radius 2 is 1.69 bits per heavy atom. The van der Waals surface area contributed by atoms with Gasteiger partial charge in [0, 0.05) is 5.57 Å². The minimum Gasteiger partial charge on any atom is -0.462 e. The van der Waals surface area contributed by atoms with Gasteiger partial charge in [0.25, 0.3) is 0 Å². The third-order valence-corrected chi connectivity index (χ3v) is 1.78. The van der Waals surface area contributed by atoms with E-state index in [2.05, 4.69) is 25.7 Å². The van der Waals surface area contributed by atoms with Crippen LogP contribution in [0.1, 0.15) is 47.0 Å². The summed E-state index contributed by atoms with van der Waals surface area (Å²) in [6.07, 6.45) is 2.55. The Balaban J connectivity index is 0. The Hall–Kier alpha value is -0.830. The summed E-state index contributed by atoms with van der Waals surface area (Å²) in [7, 11) is 0. The zero-order valence-corrected chi connectivity index (χ0v) is 11.3. The van der Waals surface area contributed by atoms with Gasteiger partial charge in [0.2, 0.25) is 0 Å². The predicted molar refractivity (Wildman–Crippen MR) is 69.5 cm³/mol. The van der Waals surface area contributed by atoms with Crippen molar-refractivity contribution in [3.63, 3.8) is 0 Å². The first-order valence-corrected chi connectivity index (χ1v) is 6.19. The van der Waals surface area contributed by atoms with E-state index in [1.165, 1.54) is 0 Å².